The highest BCUT2D eigenvalue weighted by molar-refractivity contribution is 5.80. The molecule has 0 saturated heterocycles. The molecule has 0 spiro atoms. The fourth-order valence-electron chi connectivity index (χ4n) is 7.35. The van der Waals surface area contributed by atoms with Crippen LogP contribution in [0.15, 0.2) is 60.7 Å². The highest BCUT2D eigenvalue weighted by atomic mass is 16.6. The summed E-state index contributed by atoms with van der Waals surface area (Å²) in [7, 11) is 0. The third kappa shape index (κ3) is 22.4. The van der Waals surface area contributed by atoms with Gasteiger partial charge >= 0.3 is 11.9 Å². The third-order valence-corrected chi connectivity index (χ3v) is 10.5. The first kappa shape index (κ1) is 49.9. The van der Waals surface area contributed by atoms with Crippen molar-refractivity contribution in [3.63, 3.8) is 0 Å². The first-order chi connectivity index (χ1) is 27.6. The van der Waals surface area contributed by atoms with E-state index in [1.165, 1.54) is 63.4 Å². The number of nitrogens with zero attached hydrogens (tertiary/aromatic N) is 1. The molecule has 0 radical (unpaired) electrons. The number of hydrogen-bond acceptors (Lipinski definition) is 9. The summed E-state index contributed by atoms with van der Waals surface area (Å²) >= 11 is 0. The molecule has 0 fully saturated rings. The smallest absolute Gasteiger partial charge is 0.312 e. The molecule has 57 heavy (non-hydrogen) atoms. The SMILES string of the molecule is CCCCCCCCCCCCOCCOCCOCCOCCOC(=O)C(C)(C)CC(C)(CC(C#N)CC(CC)c1ccccc1)C(=O)OCc1ccccc1. The predicted octanol–water partition coefficient (Wildman–Crippen LogP) is 10.8. The highest BCUT2D eigenvalue weighted by Gasteiger charge is 2.45. The Balaban J connectivity index is 1.67. The summed E-state index contributed by atoms with van der Waals surface area (Å²) in [5.74, 6) is -1.11. The zero-order valence-electron chi connectivity index (χ0n) is 36.1. The van der Waals surface area contributed by atoms with Gasteiger partial charge in [-0.25, -0.2) is 0 Å². The average Bonchev–Trinajstić information content (AvgIpc) is 3.22. The standard InChI is InChI=1S/C48H75NO8/c1-6-8-9-10-11-12-13-14-15-22-27-52-28-29-53-30-31-54-32-33-55-34-35-56-45(50)47(3,4)40-48(5,46(51)57-39-41-23-18-16-19-24-41)37-42(38-49)36-43(7-2)44-25-20-17-21-26-44/h16-21,23-26,42-43H,6-15,22,27-37,39-40H2,1-5H3. The minimum absolute atomic E-state index is 0.0791. The molecule has 3 unspecified atom stereocenters. The average molecular weight is 794 g/mol. The van der Waals surface area contributed by atoms with E-state index in [2.05, 4.69) is 32.0 Å². The van der Waals surface area contributed by atoms with Crippen LogP contribution < -0.4 is 0 Å². The topological polar surface area (TPSA) is 113 Å². The molecule has 0 amide bonds. The summed E-state index contributed by atoms with van der Waals surface area (Å²) in [4.78, 5) is 27.2. The minimum atomic E-state index is -1.11. The van der Waals surface area contributed by atoms with Crippen LogP contribution in [0.3, 0.4) is 0 Å². The lowest BCUT2D eigenvalue weighted by Gasteiger charge is -2.36. The van der Waals surface area contributed by atoms with Gasteiger partial charge in [-0.2, -0.15) is 5.26 Å². The second kappa shape index (κ2) is 30.7. The van der Waals surface area contributed by atoms with E-state index in [1.54, 1.807) is 13.8 Å². The maximum absolute atomic E-state index is 13.9. The zero-order chi connectivity index (χ0) is 41.5. The molecule has 0 aliphatic carbocycles. The number of carbonyl (C=O) groups is 2. The van der Waals surface area contributed by atoms with E-state index in [1.807, 2.05) is 55.5 Å². The van der Waals surface area contributed by atoms with Gasteiger partial charge in [-0.1, -0.05) is 132 Å². The Labute approximate surface area is 345 Å². The van der Waals surface area contributed by atoms with E-state index in [4.69, 9.17) is 28.4 Å². The van der Waals surface area contributed by atoms with Gasteiger partial charge in [0.1, 0.15) is 13.2 Å². The van der Waals surface area contributed by atoms with E-state index in [0.29, 0.717) is 46.1 Å². The first-order valence-corrected chi connectivity index (χ1v) is 21.8. The summed E-state index contributed by atoms with van der Waals surface area (Å²) in [6.07, 6.45) is 15.1. The van der Waals surface area contributed by atoms with E-state index >= 15 is 0 Å². The van der Waals surface area contributed by atoms with Gasteiger partial charge in [0.2, 0.25) is 0 Å². The molecule has 2 rings (SSSR count). The van der Waals surface area contributed by atoms with Gasteiger partial charge in [-0.3, -0.25) is 9.59 Å². The number of carbonyl (C=O) groups excluding carboxylic acids is 2. The van der Waals surface area contributed by atoms with Crippen molar-refractivity contribution in [3.05, 3.63) is 71.8 Å². The third-order valence-electron chi connectivity index (χ3n) is 10.5. The molecule has 320 valence electrons. The Morgan fingerprint density at radius 3 is 1.63 bits per heavy atom. The Morgan fingerprint density at radius 1 is 0.614 bits per heavy atom. The van der Waals surface area contributed by atoms with Gasteiger partial charge in [0, 0.05) is 12.5 Å². The van der Waals surface area contributed by atoms with Crippen LogP contribution in [0.4, 0.5) is 0 Å². The van der Waals surface area contributed by atoms with E-state index < -0.39 is 28.7 Å². The number of ether oxygens (including phenoxy) is 6. The molecule has 0 aromatic heterocycles. The Morgan fingerprint density at radius 2 is 1.11 bits per heavy atom. The molecule has 3 atom stereocenters. The molecule has 0 aliphatic rings. The Hall–Kier alpha value is -3.29. The molecule has 2 aromatic carbocycles. The van der Waals surface area contributed by atoms with Crippen LogP contribution in [0.25, 0.3) is 0 Å². The lowest BCUT2D eigenvalue weighted by molar-refractivity contribution is -0.165. The molecule has 2 aromatic rings. The van der Waals surface area contributed by atoms with Crippen LogP contribution >= 0.6 is 0 Å². The lowest BCUT2D eigenvalue weighted by Crippen LogP contribution is -2.40. The second-order valence-corrected chi connectivity index (χ2v) is 16.2. The minimum Gasteiger partial charge on any atom is -0.463 e. The predicted molar refractivity (Wildman–Crippen MR) is 227 cm³/mol. The van der Waals surface area contributed by atoms with Crippen molar-refractivity contribution in [3.8, 4) is 6.07 Å². The molecule has 9 nitrogen and oxygen atoms in total. The van der Waals surface area contributed by atoms with Gasteiger partial charge < -0.3 is 28.4 Å². The fraction of sp³-hybridized carbons (Fsp3) is 0.688. The molecule has 0 aliphatic heterocycles. The van der Waals surface area contributed by atoms with Gasteiger partial charge in [-0.15, -0.1) is 0 Å². The number of hydrogen-bond donors (Lipinski definition) is 0. The quantitative estimate of drug-likeness (QED) is 0.0497. The number of unbranched alkanes of at least 4 members (excludes halogenated alkanes) is 9. The van der Waals surface area contributed by atoms with Crippen LogP contribution in [0.5, 0.6) is 0 Å². The van der Waals surface area contributed by atoms with Crippen molar-refractivity contribution in [2.24, 2.45) is 16.7 Å². The molecule has 0 N–H and O–H groups in total. The van der Waals surface area contributed by atoms with Crippen molar-refractivity contribution < 1.29 is 38.0 Å². The first-order valence-electron chi connectivity index (χ1n) is 21.8. The number of benzene rings is 2. The van der Waals surface area contributed by atoms with Crippen molar-refractivity contribution >= 4 is 11.9 Å². The van der Waals surface area contributed by atoms with E-state index in [0.717, 1.165) is 25.0 Å². The largest absolute Gasteiger partial charge is 0.463 e. The van der Waals surface area contributed by atoms with Crippen LogP contribution in [0, 0.1) is 28.1 Å². The summed E-state index contributed by atoms with van der Waals surface area (Å²) in [5.41, 5.74) is -0.0892. The van der Waals surface area contributed by atoms with Crippen molar-refractivity contribution in [1.29, 1.82) is 5.26 Å². The monoisotopic (exact) mass is 794 g/mol. The Kier molecular flexibility index (Phi) is 26.9. The summed E-state index contributed by atoms with van der Waals surface area (Å²) in [5, 5.41) is 10.3. The normalized spacial score (nSPS) is 13.7. The van der Waals surface area contributed by atoms with Crippen LogP contribution in [-0.4, -0.2) is 71.4 Å². The maximum Gasteiger partial charge on any atom is 0.312 e. The number of nitriles is 1. The van der Waals surface area contributed by atoms with Crippen molar-refractivity contribution in [1.82, 2.24) is 0 Å². The van der Waals surface area contributed by atoms with Gasteiger partial charge in [0.15, 0.2) is 0 Å². The summed E-state index contributed by atoms with van der Waals surface area (Å²) in [6.45, 7) is 13.8. The van der Waals surface area contributed by atoms with Gasteiger partial charge in [-0.05, 0) is 69.9 Å². The van der Waals surface area contributed by atoms with E-state index in [-0.39, 0.29) is 38.6 Å². The molecule has 0 heterocycles. The molecule has 0 bridgehead atoms. The summed E-state index contributed by atoms with van der Waals surface area (Å²) < 4.78 is 34.0. The maximum atomic E-state index is 13.9. The Bertz CT molecular complexity index is 1350. The highest BCUT2D eigenvalue weighted by Crippen LogP contribution is 2.43. The fourth-order valence-corrected chi connectivity index (χ4v) is 7.35. The van der Waals surface area contributed by atoms with Crippen LogP contribution in [0.1, 0.15) is 142 Å². The summed E-state index contributed by atoms with van der Waals surface area (Å²) in [6, 6.07) is 22.1. The number of esters is 2. The zero-order valence-corrected chi connectivity index (χ0v) is 36.1. The molecule has 9 heteroatoms. The second-order valence-electron chi connectivity index (χ2n) is 16.2. The molecular formula is C48H75NO8. The number of rotatable bonds is 35. The van der Waals surface area contributed by atoms with Gasteiger partial charge in [0.25, 0.3) is 0 Å². The van der Waals surface area contributed by atoms with Crippen molar-refractivity contribution in [2.75, 3.05) is 59.5 Å². The molecular weight excluding hydrogens is 719 g/mol. The molecule has 0 saturated carbocycles. The van der Waals surface area contributed by atoms with Gasteiger partial charge in [0.05, 0.1) is 63.1 Å². The lowest BCUT2D eigenvalue weighted by atomic mass is 9.68. The van der Waals surface area contributed by atoms with Crippen LogP contribution in [0.2, 0.25) is 0 Å². The van der Waals surface area contributed by atoms with E-state index in [9.17, 15) is 14.9 Å². The van der Waals surface area contributed by atoms with Crippen molar-refractivity contribution in [2.45, 2.75) is 137 Å². The van der Waals surface area contributed by atoms with Crippen LogP contribution in [-0.2, 0) is 44.6 Å².